The van der Waals surface area contributed by atoms with Crippen LogP contribution in [-0.2, 0) is 0 Å². The molecule has 4 heteroatoms. The highest BCUT2D eigenvalue weighted by Crippen LogP contribution is 2.31. The molecule has 0 amide bonds. The van der Waals surface area contributed by atoms with Crippen molar-refractivity contribution in [2.45, 2.75) is 0 Å². The van der Waals surface area contributed by atoms with Crippen LogP contribution < -0.4 is 5.32 Å². The van der Waals surface area contributed by atoms with Crippen molar-refractivity contribution >= 4 is 5.70 Å². The van der Waals surface area contributed by atoms with E-state index in [0.717, 1.165) is 31.9 Å². The highest BCUT2D eigenvalue weighted by molar-refractivity contribution is 5.57. The maximum Gasteiger partial charge on any atom is 0.278 e. The second kappa shape index (κ2) is 3.63. The molecule has 2 unspecified atom stereocenters. The highest BCUT2D eigenvalue weighted by atomic mass is 19.1. The predicted molar refractivity (Wildman–Crippen MR) is 59.1 cm³/mol. The second-order valence-corrected chi connectivity index (χ2v) is 4.63. The van der Waals surface area contributed by atoms with Crippen LogP contribution in [0.2, 0.25) is 0 Å². The molecule has 3 nitrogen and oxygen atoms in total. The number of nitrogens with one attached hydrogen (secondary N) is 1. The Kier molecular flexibility index (Phi) is 2.24. The molecule has 1 aromatic rings. The first kappa shape index (κ1) is 9.90. The molecule has 3 rings (SSSR count). The van der Waals surface area contributed by atoms with Gasteiger partial charge in [0, 0.05) is 32.2 Å². The Morgan fingerprint density at radius 3 is 2.62 bits per heavy atom. The fourth-order valence-corrected chi connectivity index (χ4v) is 2.70. The molecule has 0 spiro atoms. The first-order valence-corrected chi connectivity index (χ1v) is 5.64. The average Bonchev–Trinajstić information content (AvgIpc) is 2.89. The van der Waals surface area contributed by atoms with E-state index in [-0.39, 0.29) is 0 Å². The van der Waals surface area contributed by atoms with Crippen LogP contribution in [0.1, 0.15) is 5.76 Å². The summed E-state index contributed by atoms with van der Waals surface area (Å²) in [5, 5.41) is 3.39. The van der Waals surface area contributed by atoms with Crippen LogP contribution >= 0.6 is 0 Å². The summed E-state index contributed by atoms with van der Waals surface area (Å²) in [5.41, 5.74) is 0.804. The number of nitrogens with zero attached hydrogens (tertiary/aromatic N) is 1. The topological polar surface area (TPSA) is 28.4 Å². The Labute approximate surface area is 93.9 Å². The van der Waals surface area contributed by atoms with Crippen molar-refractivity contribution in [3.8, 4) is 0 Å². The van der Waals surface area contributed by atoms with Gasteiger partial charge in [0.05, 0.1) is 5.70 Å². The van der Waals surface area contributed by atoms with Gasteiger partial charge in [0.2, 0.25) is 0 Å². The number of hydrogen-bond donors (Lipinski definition) is 1. The molecular formula is C12H15FN2O. The van der Waals surface area contributed by atoms with Crippen LogP contribution in [0.3, 0.4) is 0 Å². The lowest BCUT2D eigenvalue weighted by Crippen LogP contribution is -2.24. The largest absolute Gasteiger partial charge is 0.429 e. The van der Waals surface area contributed by atoms with Crippen molar-refractivity contribution in [2.75, 3.05) is 26.2 Å². The summed E-state index contributed by atoms with van der Waals surface area (Å²) >= 11 is 0. The summed E-state index contributed by atoms with van der Waals surface area (Å²) < 4.78 is 17.7. The van der Waals surface area contributed by atoms with Crippen LogP contribution in [0.15, 0.2) is 23.1 Å². The summed E-state index contributed by atoms with van der Waals surface area (Å²) in [5.74, 6) is 1.96. The molecule has 0 aromatic carbocycles. The van der Waals surface area contributed by atoms with Gasteiger partial charge in [-0.2, -0.15) is 4.39 Å². The molecule has 2 saturated heterocycles. The minimum absolute atomic E-state index is 0.544. The molecule has 1 N–H and O–H groups in total. The van der Waals surface area contributed by atoms with E-state index < -0.39 is 6.01 Å². The molecule has 86 valence electrons. The van der Waals surface area contributed by atoms with Crippen molar-refractivity contribution in [3.05, 3.63) is 30.5 Å². The molecule has 2 atom stereocenters. The normalized spacial score (nSPS) is 28.4. The predicted octanol–water partition coefficient (Wildman–Crippen LogP) is 1.54. The first-order chi connectivity index (χ1) is 7.74. The molecule has 16 heavy (non-hydrogen) atoms. The van der Waals surface area contributed by atoms with Crippen LogP contribution in [0, 0.1) is 17.8 Å². The van der Waals surface area contributed by atoms with Gasteiger partial charge in [-0.25, -0.2) is 0 Å². The number of hydrogen-bond acceptors (Lipinski definition) is 3. The lowest BCUT2D eigenvalue weighted by molar-refractivity contribution is 0.341. The fourth-order valence-electron chi connectivity index (χ4n) is 2.70. The zero-order valence-electron chi connectivity index (χ0n) is 9.08. The highest BCUT2D eigenvalue weighted by Gasteiger charge is 2.37. The molecule has 2 fully saturated rings. The van der Waals surface area contributed by atoms with Crippen molar-refractivity contribution in [1.82, 2.24) is 10.2 Å². The molecule has 1 aromatic heterocycles. The third-order valence-electron chi connectivity index (χ3n) is 3.63. The van der Waals surface area contributed by atoms with Gasteiger partial charge in [0.25, 0.3) is 6.01 Å². The van der Waals surface area contributed by atoms with Crippen LogP contribution in [0.5, 0.6) is 0 Å². The van der Waals surface area contributed by atoms with Crippen LogP contribution in [-0.4, -0.2) is 31.1 Å². The lowest BCUT2D eigenvalue weighted by atomic mass is 10.0. The molecule has 0 aliphatic carbocycles. The Balaban J connectivity index is 1.73. The summed E-state index contributed by atoms with van der Waals surface area (Å²) in [7, 11) is 0. The summed E-state index contributed by atoms with van der Waals surface area (Å²) in [6, 6.07) is 2.43. The maximum absolute atomic E-state index is 12.8. The van der Waals surface area contributed by atoms with E-state index in [1.165, 1.54) is 6.07 Å². The number of furan rings is 1. The quantitative estimate of drug-likeness (QED) is 0.822. The molecule has 0 saturated carbocycles. The van der Waals surface area contributed by atoms with Gasteiger partial charge < -0.3 is 14.6 Å². The van der Waals surface area contributed by atoms with Crippen molar-refractivity contribution in [1.29, 1.82) is 0 Å². The van der Waals surface area contributed by atoms with Crippen molar-refractivity contribution in [2.24, 2.45) is 11.8 Å². The molecule has 0 radical (unpaired) electrons. The number of fused-ring (bicyclic) bond motifs is 1. The molecule has 2 aliphatic rings. The monoisotopic (exact) mass is 222 g/mol. The summed E-state index contributed by atoms with van der Waals surface area (Å²) in [6.07, 6.45) is 0. The third kappa shape index (κ3) is 1.53. The van der Waals surface area contributed by atoms with E-state index >= 15 is 0 Å². The van der Waals surface area contributed by atoms with E-state index in [4.69, 9.17) is 4.42 Å². The van der Waals surface area contributed by atoms with Gasteiger partial charge >= 0.3 is 0 Å². The standard InChI is InChI=1S/C12H15FN2O/c1-8(11-2-3-12(13)16-11)15-6-9-4-14-5-10(9)7-15/h2-3,9-10,14H,1,4-7H2. The Morgan fingerprint density at radius 2 is 2.06 bits per heavy atom. The van der Waals surface area contributed by atoms with E-state index in [9.17, 15) is 4.39 Å². The van der Waals surface area contributed by atoms with Gasteiger partial charge in [-0.15, -0.1) is 0 Å². The van der Waals surface area contributed by atoms with Gasteiger partial charge in [0.15, 0.2) is 5.76 Å². The third-order valence-corrected chi connectivity index (χ3v) is 3.63. The van der Waals surface area contributed by atoms with E-state index in [1.807, 2.05) is 0 Å². The minimum atomic E-state index is -0.544. The van der Waals surface area contributed by atoms with Gasteiger partial charge in [-0.05, 0) is 17.9 Å². The number of likely N-dealkylation sites (tertiary alicyclic amines) is 1. The molecular weight excluding hydrogens is 207 g/mol. The lowest BCUT2D eigenvalue weighted by Gasteiger charge is -2.20. The van der Waals surface area contributed by atoms with E-state index in [1.54, 1.807) is 6.07 Å². The molecule has 0 bridgehead atoms. The Bertz CT molecular complexity index is 403. The number of rotatable bonds is 2. The van der Waals surface area contributed by atoms with Crippen LogP contribution in [0.4, 0.5) is 4.39 Å². The van der Waals surface area contributed by atoms with Crippen LogP contribution in [0.25, 0.3) is 5.70 Å². The zero-order valence-corrected chi connectivity index (χ0v) is 9.08. The minimum Gasteiger partial charge on any atom is -0.429 e. The Hall–Kier alpha value is -1.29. The van der Waals surface area contributed by atoms with Gasteiger partial charge in [-0.1, -0.05) is 6.58 Å². The Morgan fingerprint density at radius 1 is 1.38 bits per heavy atom. The zero-order chi connectivity index (χ0) is 11.1. The van der Waals surface area contributed by atoms with E-state index in [2.05, 4.69) is 16.8 Å². The molecule has 3 heterocycles. The van der Waals surface area contributed by atoms with E-state index in [0.29, 0.717) is 17.6 Å². The first-order valence-electron chi connectivity index (χ1n) is 5.64. The van der Waals surface area contributed by atoms with Gasteiger partial charge in [0.1, 0.15) is 0 Å². The van der Waals surface area contributed by atoms with Crippen molar-refractivity contribution < 1.29 is 8.81 Å². The van der Waals surface area contributed by atoms with Crippen molar-refractivity contribution in [3.63, 3.8) is 0 Å². The summed E-state index contributed by atoms with van der Waals surface area (Å²) in [4.78, 5) is 2.20. The smallest absolute Gasteiger partial charge is 0.278 e. The second-order valence-electron chi connectivity index (χ2n) is 4.63. The summed E-state index contributed by atoms with van der Waals surface area (Å²) in [6.45, 7) is 8.16. The SMILES string of the molecule is C=C(c1ccc(F)o1)N1CC2CNCC2C1. The van der Waals surface area contributed by atoms with Gasteiger partial charge in [-0.3, -0.25) is 0 Å². The number of halogens is 1. The fraction of sp³-hybridized carbons (Fsp3) is 0.500. The average molecular weight is 222 g/mol. The maximum atomic E-state index is 12.8. The molecule has 2 aliphatic heterocycles.